The topological polar surface area (TPSA) is 40.6 Å². The van der Waals surface area contributed by atoms with E-state index in [0.717, 1.165) is 12.8 Å². The van der Waals surface area contributed by atoms with Gasteiger partial charge in [-0.2, -0.15) is 0 Å². The fraction of sp³-hybridized carbons (Fsp3) is 0.800. The van der Waals surface area contributed by atoms with Crippen LogP contribution in [0.1, 0.15) is 19.8 Å². The first-order valence-corrected chi connectivity index (χ1v) is 4.98. The van der Waals surface area contributed by atoms with E-state index >= 15 is 0 Å². The minimum absolute atomic E-state index is 0.331. The summed E-state index contributed by atoms with van der Waals surface area (Å²) in [6.07, 6.45) is 1.93. The number of carbonyl (C=O) groups excluding carboxylic acids is 2. The van der Waals surface area contributed by atoms with Crippen molar-refractivity contribution >= 4 is 11.7 Å². The number of nitrogens with zero attached hydrogens (tertiary/aromatic N) is 2. The molecule has 0 saturated carbocycles. The van der Waals surface area contributed by atoms with Gasteiger partial charge < -0.3 is 9.80 Å². The fourth-order valence-electron chi connectivity index (χ4n) is 1.81. The van der Waals surface area contributed by atoms with Crippen LogP contribution in [0, 0.1) is 0 Å². The maximum absolute atomic E-state index is 11.3. The minimum Gasteiger partial charge on any atom is -0.336 e. The molecule has 80 valence electrons. The first kappa shape index (κ1) is 11.2. The lowest BCUT2D eigenvalue weighted by atomic mass is 10.0. The molecule has 4 heteroatoms. The SMILES string of the molecule is CC(=O)C(=O)N1CCC(N(C)C)CC1. The zero-order chi connectivity index (χ0) is 10.7. The summed E-state index contributed by atoms with van der Waals surface area (Å²) >= 11 is 0. The van der Waals surface area contributed by atoms with E-state index in [0.29, 0.717) is 19.1 Å². The Morgan fingerprint density at radius 3 is 2.07 bits per heavy atom. The molecule has 1 heterocycles. The summed E-state index contributed by atoms with van der Waals surface area (Å²) in [4.78, 5) is 26.0. The van der Waals surface area contributed by atoms with Gasteiger partial charge in [-0.3, -0.25) is 9.59 Å². The van der Waals surface area contributed by atoms with Crippen molar-refractivity contribution < 1.29 is 9.59 Å². The van der Waals surface area contributed by atoms with Crippen molar-refractivity contribution in [1.82, 2.24) is 9.80 Å². The van der Waals surface area contributed by atoms with Gasteiger partial charge in [0.05, 0.1) is 0 Å². The van der Waals surface area contributed by atoms with Crippen LogP contribution in [-0.2, 0) is 9.59 Å². The number of hydrogen-bond donors (Lipinski definition) is 0. The molecule has 0 unspecified atom stereocenters. The standard InChI is InChI=1S/C10H18N2O2/c1-8(13)10(14)12-6-4-9(5-7-12)11(2)3/h9H,4-7H2,1-3H3. The molecule has 0 spiro atoms. The highest BCUT2D eigenvalue weighted by Crippen LogP contribution is 2.14. The van der Waals surface area contributed by atoms with Crippen molar-refractivity contribution in [3.8, 4) is 0 Å². The highest BCUT2D eigenvalue weighted by atomic mass is 16.2. The largest absolute Gasteiger partial charge is 0.336 e. The molecule has 1 aliphatic heterocycles. The Balaban J connectivity index is 2.43. The van der Waals surface area contributed by atoms with E-state index in [4.69, 9.17) is 0 Å². The van der Waals surface area contributed by atoms with E-state index in [1.165, 1.54) is 6.92 Å². The molecule has 1 amide bonds. The van der Waals surface area contributed by atoms with Crippen LogP contribution in [-0.4, -0.2) is 54.7 Å². The quantitative estimate of drug-likeness (QED) is 0.592. The van der Waals surface area contributed by atoms with Crippen molar-refractivity contribution in [3.63, 3.8) is 0 Å². The van der Waals surface area contributed by atoms with Crippen LogP contribution in [0.3, 0.4) is 0 Å². The van der Waals surface area contributed by atoms with Gasteiger partial charge in [0.2, 0.25) is 5.78 Å². The number of likely N-dealkylation sites (tertiary alicyclic amines) is 1. The molecule has 0 bridgehead atoms. The number of Topliss-reactive ketones (excluding diaryl/α,β-unsaturated/α-hetero) is 1. The fourth-order valence-corrected chi connectivity index (χ4v) is 1.81. The van der Waals surface area contributed by atoms with Crippen LogP contribution >= 0.6 is 0 Å². The smallest absolute Gasteiger partial charge is 0.289 e. The van der Waals surface area contributed by atoms with Crippen LogP contribution in [0.5, 0.6) is 0 Å². The number of amides is 1. The second-order valence-corrected chi connectivity index (χ2v) is 4.04. The summed E-state index contributed by atoms with van der Waals surface area (Å²) in [5, 5.41) is 0. The number of hydrogen-bond acceptors (Lipinski definition) is 3. The predicted molar refractivity (Wildman–Crippen MR) is 54.0 cm³/mol. The second-order valence-electron chi connectivity index (χ2n) is 4.04. The molecule has 0 N–H and O–H groups in total. The molecule has 1 aliphatic rings. The van der Waals surface area contributed by atoms with Crippen molar-refractivity contribution in [2.75, 3.05) is 27.2 Å². The Hall–Kier alpha value is -0.900. The molecule has 1 fully saturated rings. The van der Waals surface area contributed by atoms with Gasteiger partial charge >= 0.3 is 0 Å². The summed E-state index contributed by atoms with van der Waals surface area (Å²) in [6, 6.07) is 0.547. The monoisotopic (exact) mass is 198 g/mol. The summed E-state index contributed by atoms with van der Waals surface area (Å²) in [5.41, 5.74) is 0. The van der Waals surface area contributed by atoms with Crippen LogP contribution < -0.4 is 0 Å². The second kappa shape index (κ2) is 4.55. The summed E-state index contributed by atoms with van der Waals surface area (Å²) in [6.45, 7) is 2.75. The molecule has 0 aromatic rings. The Morgan fingerprint density at radius 2 is 1.71 bits per heavy atom. The Bertz CT molecular complexity index is 230. The number of ketones is 1. The molecule has 0 aromatic carbocycles. The zero-order valence-electron chi connectivity index (χ0n) is 9.12. The van der Waals surface area contributed by atoms with Gasteiger partial charge in [-0.25, -0.2) is 0 Å². The van der Waals surface area contributed by atoms with Gasteiger partial charge in [-0.15, -0.1) is 0 Å². The summed E-state index contributed by atoms with van der Waals surface area (Å²) < 4.78 is 0. The summed E-state index contributed by atoms with van der Waals surface area (Å²) in [5.74, 6) is -0.685. The van der Waals surface area contributed by atoms with E-state index in [-0.39, 0.29) is 11.7 Å². The number of rotatable bonds is 2. The van der Waals surface area contributed by atoms with Crippen LogP contribution in [0.25, 0.3) is 0 Å². The van der Waals surface area contributed by atoms with Crippen LogP contribution in [0.4, 0.5) is 0 Å². The minimum atomic E-state index is -0.353. The van der Waals surface area contributed by atoms with E-state index in [9.17, 15) is 9.59 Å². The number of piperidine rings is 1. The highest BCUT2D eigenvalue weighted by molar-refractivity contribution is 6.35. The maximum atomic E-state index is 11.3. The van der Waals surface area contributed by atoms with Crippen molar-refractivity contribution in [2.24, 2.45) is 0 Å². The normalized spacial score (nSPS) is 18.7. The highest BCUT2D eigenvalue weighted by Gasteiger charge is 2.25. The average molecular weight is 198 g/mol. The molecule has 14 heavy (non-hydrogen) atoms. The van der Waals surface area contributed by atoms with Crippen molar-refractivity contribution in [1.29, 1.82) is 0 Å². The van der Waals surface area contributed by atoms with Crippen LogP contribution in [0.2, 0.25) is 0 Å². The van der Waals surface area contributed by atoms with Crippen LogP contribution in [0.15, 0.2) is 0 Å². The predicted octanol–water partition coefficient (Wildman–Crippen LogP) is 0.128. The molecule has 0 radical (unpaired) electrons. The Morgan fingerprint density at radius 1 is 1.21 bits per heavy atom. The third-order valence-electron chi connectivity index (χ3n) is 2.78. The van der Waals surface area contributed by atoms with Gasteiger partial charge in [-0.05, 0) is 26.9 Å². The van der Waals surface area contributed by atoms with Gasteiger partial charge in [0, 0.05) is 26.1 Å². The average Bonchev–Trinajstić information content (AvgIpc) is 2.16. The van der Waals surface area contributed by atoms with Gasteiger partial charge in [-0.1, -0.05) is 0 Å². The van der Waals surface area contributed by atoms with Gasteiger partial charge in [0.15, 0.2) is 0 Å². The molecular formula is C10H18N2O2. The molecule has 0 aliphatic carbocycles. The third kappa shape index (κ3) is 2.54. The lowest BCUT2D eigenvalue weighted by Crippen LogP contribution is -2.46. The first-order valence-electron chi connectivity index (χ1n) is 4.98. The lowest BCUT2D eigenvalue weighted by Gasteiger charge is -2.34. The van der Waals surface area contributed by atoms with E-state index in [2.05, 4.69) is 4.90 Å². The van der Waals surface area contributed by atoms with Crippen molar-refractivity contribution in [3.05, 3.63) is 0 Å². The number of carbonyl (C=O) groups is 2. The summed E-state index contributed by atoms with van der Waals surface area (Å²) in [7, 11) is 4.10. The van der Waals surface area contributed by atoms with Gasteiger partial charge in [0.1, 0.15) is 0 Å². The first-order chi connectivity index (χ1) is 6.52. The third-order valence-corrected chi connectivity index (χ3v) is 2.78. The Labute approximate surface area is 84.9 Å². The zero-order valence-corrected chi connectivity index (χ0v) is 9.12. The molecule has 0 atom stereocenters. The van der Waals surface area contributed by atoms with Gasteiger partial charge in [0.25, 0.3) is 5.91 Å². The molecule has 1 saturated heterocycles. The molecule has 0 aromatic heterocycles. The molecular weight excluding hydrogens is 180 g/mol. The van der Waals surface area contributed by atoms with E-state index < -0.39 is 0 Å². The molecule has 1 rings (SSSR count). The lowest BCUT2D eigenvalue weighted by molar-refractivity contribution is -0.144. The maximum Gasteiger partial charge on any atom is 0.289 e. The van der Waals surface area contributed by atoms with Crippen molar-refractivity contribution in [2.45, 2.75) is 25.8 Å². The molecule has 4 nitrogen and oxygen atoms in total. The Kier molecular flexibility index (Phi) is 3.63. The van der Waals surface area contributed by atoms with E-state index in [1.807, 2.05) is 14.1 Å². The van der Waals surface area contributed by atoms with E-state index in [1.54, 1.807) is 4.90 Å².